The van der Waals surface area contributed by atoms with E-state index in [1.807, 2.05) is 0 Å². The highest BCUT2D eigenvalue weighted by molar-refractivity contribution is 5.13. The summed E-state index contributed by atoms with van der Waals surface area (Å²) in [4.78, 5) is 0. The maximum Gasteiger partial charge on any atom is 0.168 e. The van der Waals surface area contributed by atoms with E-state index in [4.69, 9.17) is 0 Å². The van der Waals surface area contributed by atoms with Crippen LogP contribution in [0.15, 0.2) is 60.9 Å². The summed E-state index contributed by atoms with van der Waals surface area (Å²) >= 11 is 0. The van der Waals surface area contributed by atoms with Crippen molar-refractivity contribution in [2.45, 2.75) is 220 Å². The Bertz CT molecular complexity index is 920. The average molecular weight is 764 g/mol. The van der Waals surface area contributed by atoms with Crippen LogP contribution in [0.3, 0.4) is 0 Å². The van der Waals surface area contributed by atoms with Gasteiger partial charge in [-0.15, -0.1) is 0 Å². The molecule has 52 heavy (non-hydrogen) atoms. The Hall–Kier alpha value is -1.09. The number of hydrogen-bond acceptors (Lipinski definition) is 0. The van der Waals surface area contributed by atoms with Crippen molar-refractivity contribution in [1.82, 2.24) is 0 Å². The molecule has 0 unspecified atom stereocenters. The van der Waals surface area contributed by atoms with Crippen molar-refractivity contribution in [2.24, 2.45) is 0 Å². The van der Waals surface area contributed by atoms with E-state index in [-0.39, 0.29) is 24.8 Å². The lowest BCUT2D eigenvalue weighted by atomic mass is 10.0. The van der Waals surface area contributed by atoms with Crippen LogP contribution in [-0.4, -0.2) is 25.1 Å². The van der Waals surface area contributed by atoms with Crippen molar-refractivity contribution in [1.29, 1.82) is 0 Å². The molecule has 0 aliphatic heterocycles. The molecule has 0 N–H and O–H groups in total. The highest BCUT2D eigenvalue weighted by atomic mass is 35.5. The Morgan fingerprint density at radius 2 is 0.692 bits per heavy atom. The number of pyridine rings is 1. The molecule has 0 bridgehead atoms. The zero-order valence-electron chi connectivity index (χ0n) is 35.3. The largest absolute Gasteiger partial charge is 1.00 e. The fraction of sp³-hybridized carbons (Fsp3) is 0.771. The first-order valence-corrected chi connectivity index (χ1v) is 22.4. The average Bonchev–Trinajstić information content (AvgIpc) is 3.12. The van der Waals surface area contributed by atoms with Gasteiger partial charge in [0.15, 0.2) is 12.4 Å². The number of unbranched alkanes of at least 4 members (excludes halogenated alkanes) is 28. The number of hydrogen-bond donors (Lipinski definition) is 0. The van der Waals surface area contributed by atoms with Gasteiger partial charge in [-0.3, -0.25) is 0 Å². The van der Waals surface area contributed by atoms with Gasteiger partial charge in [0.2, 0.25) is 0 Å². The molecule has 1 heterocycles. The molecule has 0 amide bonds. The van der Waals surface area contributed by atoms with Crippen LogP contribution >= 0.6 is 0 Å². The van der Waals surface area contributed by atoms with Gasteiger partial charge in [-0.1, -0.05) is 217 Å². The molecule has 304 valence electrons. The summed E-state index contributed by atoms with van der Waals surface area (Å²) in [5.41, 5.74) is 1.46. The van der Waals surface area contributed by atoms with Crippen molar-refractivity contribution in [3.63, 3.8) is 0 Å². The van der Waals surface area contributed by atoms with Crippen LogP contribution in [0.4, 0.5) is 0 Å². The molecule has 0 aliphatic carbocycles. The number of aryl methyl sites for hydroxylation is 1. The van der Waals surface area contributed by atoms with Crippen molar-refractivity contribution in [3.05, 3.63) is 66.5 Å². The molecule has 0 aliphatic rings. The van der Waals surface area contributed by atoms with E-state index in [9.17, 15) is 0 Å². The molecular weight excluding hydrogens is 675 g/mol. The zero-order chi connectivity index (χ0) is 36.1. The zero-order valence-corrected chi connectivity index (χ0v) is 36.8. The van der Waals surface area contributed by atoms with Gasteiger partial charge < -0.3 is 29.3 Å². The Balaban J connectivity index is 0. The van der Waals surface area contributed by atoms with Crippen LogP contribution in [0.25, 0.3) is 0 Å². The standard InChI is InChI=1S/C27H50N.C21H38N.2ClH/c1-4-5-6-7-8-9-10-11-12-13-14-15-16-17-18-22-25-28(2,3)26-27-23-20-19-21-24-27;1-2-3-4-5-6-7-8-9-10-11-12-13-14-16-19-22-20-17-15-18-21-22;;/h19-21,23-24H,4-18,22,25-26H2,1-3H3;15,17-18,20-21H,2-14,16,19H2,1H3;2*1H/q2*+1;;/p-2. The molecular formula is C48H88Cl2N2. The normalized spacial score (nSPS) is 11.0. The van der Waals surface area contributed by atoms with E-state index in [2.05, 4.69) is 93.4 Å². The highest BCUT2D eigenvalue weighted by Crippen LogP contribution is 2.16. The van der Waals surface area contributed by atoms with Crippen LogP contribution in [0, 0.1) is 0 Å². The summed E-state index contributed by atoms with van der Waals surface area (Å²) < 4.78 is 3.41. The van der Waals surface area contributed by atoms with Gasteiger partial charge in [0.1, 0.15) is 13.1 Å². The Labute approximate surface area is 339 Å². The van der Waals surface area contributed by atoms with Gasteiger partial charge in [-0.05, 0) is 19.3 Å². The van der Waals surface area contributed by atoms with E-state index in [1.54, 1.807) is 0 Å². The summed E-state index contributed by atoms with van der Waals surface area (Å²) in [6, 6.07) is 17.3. The van der Waals surface area contributed by atoms with Crippen LogP contribution in [0.1, 0.15) is 212 Å². The molecule has 2 rings (SSSR count). The molecule has 0 atom stereocenters. The number of halogens is 2. The fourth-order valence-electron chi connectivity index (χ4n) is 7.32. The molecule has 1 aromatic carbocycles. The van der Waals surface area contributed by atoms with E-state index in [0.29, 0.717) is 0 Å². The second-order valence-corrected chi connectivity index (χ2v) is 16.3. The third-order valence-electron chi connectivity index (χ3n) is 10.6. The van der Waals surface area contributed by atoms with Crippen molar-refractivity contribution >= 4 is 0 Å². The van der Waals surface area contributed by atoms with E-state index < -0.39 is 0 Å². The van der Waals surface area contributed by atoms with E-state index in [1.165, 1.54) is 211 Å². The third-order valence-corrected chi connectivity index (χ3v) is 10.6. The molecule has 1 aromatic heterocycles. The van der Waals surface area contributed by atoms with Crippen LogP contribution in [-0.2, 0) is 13.1 Å². The second kappa shape index (κ2) is 41.1. The number of rotatable bonds is 34. The minimum Gasteiger partial charge on any atom is -1.00 e. The van der Waals surface area contributed by atoms with Gasteiger partial charge >= 0.3 is 0 Å². The van der Waals surface area contributed by atoms with Crippen molar-refractivity contribution < 1.29 is 33.9 Å². The van der Waals surface area contributed by atoms with Gasteiger partial charge in [-0.2, -0.15) is 0 Å². The van der Waals surface area contributed by atoms with E-state index >= 15 is 0 Å². The molecule has 0 radical (unpaired) electrons. The van der Waals surface area contributed by atoms with Crippen molar-refractivity contribution in [2.75, 3.05) is 20.6 Å². The number of nitrogens with zero attached hydrogens (tertiary/aromatic N) is 2. The van der Waals surface area contributed by atoms with Gasteiger partial charge in [0.05, 0.1) is 20.6 Å². The first-order valence-electron chi connectivity index (χ1n) is 22.4. The Morgan fingerprint density at radius 3 is 1.06 bits per heavy atom. The SMILES string of the molecule is CCCCCCCCCCCCCCCCCC[N+](C)(C)Cc1ccccc1.CCCCCCCCCCCCCCCC[n+]1ccccc1.[Cl-].[Cl-]. The molecule has 2 nitrogen and oxygen atoms in total. The summed E-state index contributed by atoms with van der Waals surface area (Å²) in [6.07, 6.45) is 47.6. The molecule has 2 aromatic rings. The molecule has 0 fully saturated rings. The molecule has 0 spiro atoms. The summed E-state index contributed by atoms with van der Waals surface area (Å²) in [7, 11) is 4.75. The Morgan fingerprint density at radius 1 is 0.385 bits per heavy atom. The molecule has 0 saturated carbocycles. The van der Waals surface area contributed by atoms with Crippen molar-refractivity contribution in [3.8, 4) is 0 Å². The first-order chi connectivity index (χ1) is 24.6. The maximum atomic E-state index is 2.37. The van der Waals surface area contributed by atoms with Crippen LogP contribution in [0.5, 0.6) is 0 Å². The molecule has 0 saturated heterocycles. The van der Waals surface area contributed by atoms with E-state index in [0.717, 1.165) is 11.0 Å². The maximum absolute atomic E-state index is 2.37. The lowest BCUT2D eigenvalue weighted by Gasteiger charge is -2.30. The summed E-state index contributed by atoms with van der Waals surface area (Å²) in [5.74, 6) is 0. The number of quaternary nitrogens is 1. The minimum atomic E-state index is 0. The monoisotopic (exact) mass is 763 g/mol. The summed E-state index contributed by atoms with van der Waals surface area (Å²) in [6.45, 7) is 8.22. The second-order valence-electron chi connectivity index (χ2n) is 16.3. The van der Waals surface area contributed by atoms with Gasteiger partial charge in [0.25, 0.3) is 0 Å². The van der Waals surface area contributed by atoms with Crippen LogP contribution in [0.2, 0.25) is 0 Å². The predicted molar refractivity (Wildman–Crippen MR) is 224 cm³/mol. The lowest BCUT2D eigenvalue weighted by molar-refractivity contribution is -0.903. The number of benzene rings is 1. The Kier molecular flexibility index (Phi) is 41.9. The number of aromatic nitrogens is 1. The lowest BCUT2D eigenvalue weighted by Crippen LogP contribution is -3.00. The smallest absolute Gasteiger partial charge is 0.168 e. The third kappa shape index (κ3) is 37.2. The topological polar surface area (TPSA) is 3.88 Å². The first kappa shape index (κ1) is 53.0. The summed E-state index contributed by atoms with van der Waals surface area (Å²) in [5, 5.41) is 0. The highest BCUT2D eigenvalue weighted by Gasteiger charge is 2.14. The van der Waals surface area contributed by atoms with Gasteiger partial charge in [0, 0.05) is 24.1 Å². The molecule has 4 heteroatoms. The quantitative estimate of drug-likeness (QED) is 0.0381. The van der Waals surface area contributed by atoms with Crippen LogP contribution < -0.4 is 29.4 Å². The van der Waals surface area contributed by atoms with Gasteiger partial charge in [-0.25, -0.2) is 4.57 Å². The minimum absolute atomic E-state index is 0. The fourth-order valence-corrected chi connectivity index (χ4v) is 7.32. The predicted octanol–water partition coefficient (Wildman–Crippen LogP) is 8.99.